The van der Waals surface area contributed by atoms with Crippen LogP contribution in [0.4, 0.5) is 5.69 Å². The number of aliphatic imine (C=N–C) groups is 1. The van der Waals surface area contributed by atoms with Crippen molar-refractivity contribution in [2.24, 2.45) is 4.99 Å². The second-order valence-electron chi connectivity index (χ2n) is 8.14. The highest BCUT2D eigenvalue weighted by Crippen LogP contribution is 2.40. The molecular formula is C29H28Cl2N2O4S. The Balaban J connectivity index is 1.62. The van der Waals surface area contributed by atoms with Crippen molar-refractivity contribution in [3.05, 3.63) is 92.8 Å². The van der Waals surface area contributed by atoms with Crippen LogP contribution in [0.1, 0.15) is 25.0 Å². The number of carbonyl (C=O) groups is 1. The fraction of sp³-hybridized carbons (Fsp3) is 0.241. The van der Waals surface area contributed by atoms with E-state index in [2.05, 4.69) is 0 Å². The number of halogens is 2. The van der Waals surface area contributed by atoms with Gasteiger partial charge in [-0.15, -0.1) is 0 Å². The molecule has 0 aliphatic carbocycles. The van der Waals surface area contributed by atoms with Crippen LogP contribution in [-0.4, -0.2) is 42.3 Å². The van der Waals surface area contributed by atoms with Crippen molar-refractivity contribution in [3.63, 3.8) is 0 Å². The number of hydrogen-bond donors (Lipinski definition) is 0. The van der Waals surface area contributed by atoms with E-state index in [1.807, 2.05) is 74.5 Å². The number of amides is 1. The summed E-state index contributed by atoms with van der Waals surface area (Å²) in [6.45, 7) is 5.87. The molecule has 1 amide bonds. The number of thioether (sulfide) groups is 1. The summed E-state index contributed by atoms with van der Waals surface area (Å²) in [5.74, 6) is 0.767. The van der Waals surface area contributed by atoms with Crippen molar-refractivity contribution in [2.75, 3.05) is 26.4 Å². The lowest BCUT2D eigenvalue weighted by Gasteiger charge is -2.15. The zero-order valence-electron chi connectivity index (χ0n) is 21.2. The van der Waals surface area contributed by atoms with E-state index >= 15 is 0 Å². The molecule has 1 aliphatic heterocycles. The molecule has 0 radical (unpaired) electrons. The Hall–Kier alpha value is -2.97. The molecule has 0 spiro atoms. The lowest BCUT2D eigenvalue weighted by atomic mass is 10.1. The molecule has 0 N–H and O–H groups in total. The summed E-state index contributed by atoms with van der Waals surface area (Å²) in [6.07, 6.45) is 1.79. The summed E-state index contributed by atoms with van der Waals surface area (Å²) in [7, 11) is 0. The molecule has 0 saturated carbocycles. The van der Waals surface area contributed by atoms with Crippen LogP contribution in [0.3, 0.4) is 0 Å². The Morgan fingerprint density at radius 1 is 0.947 bits per heavy atom. The van der Waals surface area contributed by atoms with Gasteiger partial charge in [0.25, 0.3) is 5.91 Å². The van der Waals surface area contributed by atoms with Crippen molar-refractivity contribution in [1.29, 1.82) is 0 Å². The van der Waals surface area contributed by atoms with Gasteiger partial charge in [0.05, 0.1) is 35.4 Å². The number of benzene rings is 3. The van der Waals surface area contributed by atoms with E-state index in [0.29, 0.717) is 63.5 Å². The van der Waals surface area contributed by atoms with E-state index in [1.54, 1.807) is 17.0 Å². The highest BCUT2D eigenvalue weighted by atomic mass is 35.5. The third-order valence-electron chi connectivity index (χ3n) is 5.49. The van der Waals surface area contributed by atoms with Crippen LogP contribution in [0.15, 0.2) is 76.6 Å². The number of nitrogens with zero attached hydrogens (tertiary/aromatic N) is 2. The highest BCUT2D eigenvalue weighted by Gasteiger charge is 2.33. The monoisotopic (exact) mass is 570 g/mol. The van der Waals surface area contributed by atoms with Gasteiger partial charge in [-0.05, 0) is 67.6 Å². The smallest absolute Gasteiger partial charge is 0.266 e. The zero-order valence-corrected chi connectivity index (χ0v) is 23.5. The van der Waals surface area contributed by atoms with E-state index in [4.69, 9.17) is 42.4 Å². The Kier molecular flexibility index (Phi) is 10.1. The predicted octanol–water partition coefficient (Wildman–Crippen LogP) is 7.61. The van der Waals surface area contributed by atoms with Crippen LogP contribution < -0.4 is 9.47 Å². The summed E-state index contributed by atoms with van der Waals surface area (Å²) in [5, 5.41) is 1.58. The predicted molar refractivity (Wildman–Crippen MR) is 156 cm³/mol. The molecule has 0 bridgehead atoms. The Morgan fingerprint density at radius 3 is 2.45 bits per heavy atom. The standard InChI is InChI=1S/C29H28Cl2N2O4S/c1-3-35-15-14-33-28(34)26(38-29(33)32-22-11-6-5-7-12-22)18-20-16-24(31)27(25(17-20)36-4-2)37-19-21-10-8-9-13-23(21)30/h5-13,16-18H,3-4,14-15,19H2,1-2H3/b26-18-,32-29?. The fourth-order valence-corrected chi connectivity index (χ4v) is 5.18. The minimum Gasteiger partial charge on any atom is -0.490 e. The molecule has 38 heavy (non-hydrogen) atoms. The van der Waals surface area contributed by atoms with E-state index < -0.39 is 0 Å². The molecule has 1 heterocycles. The quantitative estimate of drug-likeness (QED) is 0.175. The van der Waals surface area contributed by atoms with Crippen LogP contribution in [0, 0.1) is 0 Å². The van der Waals surface area contributed by atoms with Gasteiger partial charge in [-0.3, -0.25) is 9.69 Å². The minimum atomic E-state index is -0.141. The lowest BCUT2D eigenvalue weighted by Crippen LogP contribution is -2.32. The summed E-state index contributed by atoms with van der Waals surface area (Å²) < 4.78 is 17.4. The number of para-hydroxylation sites is 1. The van der Waals surface area contributed by atoms with Crippen LogP contribution >= 0.6 is 35.0 Å². The van der Waals surface area contributed by atoms with E-state index in [-0.39, 0.29) is 12.5 Å². The van der Waals surface area contributed by atoms with Gasteiger partial charge in [-0.1, -0.05) is 59.6 Å². The molecule has 6 nitrogen and oxygen atoms in total. The third-order valence-corrected chi connectivity index (χ3v) is 7.15. The molecule has 3 aromatic carbocycles. The van der Waals surface area contributed by atoms with Gasteiger partial charge in [-0.25, -0.2) is 4.99 Å². The molecule has 1 fully saturated rings. The number of rotatable bonds is 11. The number of amidine groups is 1. The van der Waals surface area contributed by atoms with Gasteiger partial charge < -0.3 is 14.2 Å². The maximum atomic E-state index is 13.4. The molecule has 0 unspecified atom stereocenters. The first-order chi connectivity index (χ1) is 18.5. The normalized spacial score (nSPS) is 15.5. The molecule has 3 aromatic rings. The molecule has 4 rings (SSSR count). The molecule has 0 atom stereocenters. The van der Waals surface area contributed by atoms with Crippen molar-refractivity contribution < 1.29 is 19.0 Å². The first-order valence-corrected chi connectivity index (χ1v) is 13.8. The zero-order chi connectivity index (χ0) is 26.9. The maximum Gasteiger partial charge on any atom is 0.266 e. The second kappa shape index (κ2) is 13.7. The van der Waals surface area contributed by atoms with Crippen molar-refractivity contribution in [2.45, 2.75) is 20.5 Å². The van der Waals surface area contributed by atoms with E-state index in [0.717, 1.165) is 11.3 Å². The first kappa shape index (κ1) is 28.0. The first-order valence-electron chi connectivity index (χ1n) is 12.3. The van der Waals surface area contributed by atoms with Crippen LogP contribution in [0.2, 0.25) is 10.0 Å². The van der Waals surface area contributed by atoms with Gasteiger partial charge in [0.15, 0.2) is 16.7 Å². The summed E-state index contributed by atoms with van der Waals surface area (Å²) >= 11 is 14.2. The van der Waals surface area contributed by atoms with Crippen molar-refractivity contribution >= 4 is 57.8 Å². The molecule has 1 aliphatic rings. The van der Waals surface area contributed by atoms with Gasteiger partial charge in [-0.2, -0.15) is 0 Å². The van der Waals surface area contributed by atoms with Gasteiger partial charge in [0, 0.05) is 17.2 Å². The average Bonchev–Trinajstić information content (AvgIpc) is 3.19. The van der Waals surface area contributed by atoms with Gasteiger partial charge in [0.2, 0.25) is 0 Å². The number of hydrogen-bond acceptors (Lipinski definition) is 6. The summed E-state index contributed by atoms with van der Waals surface area (Å²) in [5.41, 5.74) is 2.32. The Morgan fingerprint density at radius 2 is 1.71 bits per heavy atom. The van der Waals surface area contributed by atoms with Crippen LogP contribution in [0.25, 0.3) is 6.08 Å². The fourth-order valence-electron chi connectivity index (χ4n) is 3.69. The molecular weight excluding hydrogens is 543 g/mol. The van der Waals surface area contributed by atoms with Gasteiger partial charge >= 0.3 is 0 Å². The molecule has 0 aromatic heterocycles. The topological polar surface area (TPSA) is 60.4 Å². The van der Waals surface area contributed by atoms with Crippen molar-refractivity contribution in [3.8, 4) is 11.5 Å². The minimum absolute atomic E-state index is 0.141. The summed E-state index contributed by atoms with van der Waals surface area (Å²) in [6, 6.07) is 20.6. The van der Waals surface area contributed by atoms with Crippen LogP contribution in [-0.2, 0) is 16.1 Å². The van der Waals surface area contributed by atoms with Crippen LogP contribution in [0.5, 0.6) is 11.5 Å². The second-order valence-corrected chi connectivity index (χ2v) is 9.96. The maximum absolute atomic E-state index is 13.4. The molecule has 1 saturated heterocycles. The summed E-state index contributed by atoms with van der Waals surface area (Å²) in [4.78, 5) is 20.2. The van der Waals surface area contributed by atoms with Gasteiger partial charge in [0.1, 0.15) is 6.61 Å². The van der Waals surface area contributed by atoms with Crippen molar-refractivity contribution in [1.82, 2.24) is 4.90 Å². The highest BCUT2D eigenvalue weighted by molar-refractivity contribution is 8.18. The third kappa shape index (κ3) is 7.11. The number of ether oxygens (including phenoxy) is 3. The average molecular weight is 572 g/mol. The van der Waals surface area contributed by atoms with E-state index in [1.165, 1.54) is 11.8 Å². The Bertz CT molecular complexity index is 1330. The molecule has 9 heteroatoms. The SMILES string of the molecule is CCOCCN1C(=O)/C(=C/c2cc(Cl)c(OCc3ccccc3Cl)c(OCC)c2)SC1=Nc1ccccc1. The molecule has 198 valence electrons. The lowest BCUT2D eigenvalue weighted by molar-refractivity contribution is -0.122. The number of carbonyl (C=O) groups excluding carboxylic acids is 1. The largest absolute Gasteiger partial charge is 0.490 e. The Labute approximate surface area is 237 Å². The van der Waals surface area contributed by atoms with E-state index in [9.17, 15) is 4.79 Å².